The van der Waals surface area contributed by atoms with Crippen LogP contribution >= 0.6 is 0 Å². The molecule has 32 heavy (non-hydrogen) atoms. The van der Waals surface area contributed by atoms with Gasteiger partial charge in [0.2, 0.25) is 15.9 Å². The summed E-state index contributed by atoms with van der Waals surface area (Å²) in [6.45, 7) is 2.32. The van der Waals surface area contributed by atoms with Gasteiger partial charge in [0, 0.05) is 30.6 Å². The molecule has 1 amide bonds. The van der Waals surface area contributed by atoms with E-state index in [2.05, 4.69) is 5.32 Å². The van der Waals surface area contributed by atoms with Crippen LogP contribution in [-0.4, -0.2) is 45.9 Å². The number of methoxy groups -OCH3 is 2. The van der Waals surface area contributed by atoms with E-state index in [-0.39, 0.29) is 41.4 Å². The molecule has 1 saturated heterocycles. The second-order valence-electron chi connectivity index (χ2n) is 7.62. The Hall–Kier alpha value is -3.09. The van der Waals surface area contributed by atoms with Crippen molar-refractivity contribution in [1.29, 1.82) is 5.26 Å². The molecule has 1 heterocycles. The number of hydrogen-bond donors (Lipinski definition) is 1. The van der Waals surface area contributed by atoms with Crippen molar-refractivity contribution >= 4 is 15.9 Å². The molecule has 1 aliphatic rings. The summed E-state index contributed by atoms with van der Waals surface area (Å²) >= 11 is 0. The van der Waals surface area contributed by atoms with E-state index in [0.717, 1.165) is 5.56 Å². The number of amides is 1. The van der Waals surface area contributed by atoms with Crippen molar-refractivity contribution in [1.82, 2.24) is 9.62 Å². The molecule has 1 unspecified atom stereocenters. The fourth-order valence-electron chi connectivity index (χ4n) is 3.87. The average Bonchev–Trinajstić information content (AvgIpc) is 2.83. The molecule has 1 atom stereocenters. The topological polar surface area (TPSA) is 109 Å². The lowest BCUT2D eigenvalue weighted by atomic mass is 9.96. The van der Waals surface area contributed by atoms with Crippen LogP contribution in [0.2, 0.25) is 0 Å². The summed E-state index contributed by atoms with van der Waals surface area (Å²) in [7, 11) is -0.647. The highest BCUT2D eigenvalue weighted by molar-refractivity contribution is 7.89. The first-order chi connectivity index (χ1) is 15.3. The van der Waals surface area contributed by atoms with E-state index < -0.39 is 10.0 Å². The van der Waals surface area contributed by atoms with Crippen LogP contribution in [0.25, 0.3) is 0 Å². The number of rotatable bonds is 7. The van der Waals surface area contributed by atoms with E-state index in [0.29, 0.717) is 24.3 Å². The van der Waals surface area contributed by atoms with Gasteiger partial charge in [-0.1, -0.05) is 12.1 Å². The highest BCUT2D eigenvalue weighted by Crippen LogP contribution is 2.30. The number of nitrogens with one attached hydrogen (secondary N) is 1. The number of hydrogen-bond acceptors (Lipinski definition) is 6. The molecule has 1 N–H and O–H groups in total. The summed E-state index contributed by atoms with van der Waals surface area (Å²) in [5, 5.41) is 12.2. The second kappa shape index (κ2) is 10.0. The van der Waals surface area contributed by atoms with Gasteiger partial charge in [0.25, 0.3) is 0 Å². The van der Waals surface area contributed by atoms with E-state index in [1.807, 2.05) is 25.1 Å². The van der Waals surface area contributed by atoms with Gasteiger partial charge in [0.05, 0.1) is 30.7 Å². The van der Waals surface area contributed by atoms with E-state index >= 15 is 0 Å². The fourth-order valence-corrected chi connectivity index (χ4v) is 5.48. The zero-order chi connectivity index (χ0) is 23.3. The first-order valence-electron chi connectivity index (χ1n) is 10.3. The minimum atomic E-state index is -3.78. The zero-order valence-electron chi connectivity index (χ0n) is 18.4. The Balaban J connectivity index is 1.64. The number of benzene rings is 2. The van der Waals surface area contributed by atoms with E-state index in [1.54, 1.807) is 32.4 Å². The molecule has 8 nitrogen and oxygen atoms in total. The van der Waals surface area contributed by atoms with Crippen LogP contribution in [0, 0.1) is 17.2 Å². The molecule has 0 aliphatic carbocycles. The normalized spacial score (nSPS) is 16.1. The SMILES string of the molecule is COc1ccc(C(C)NC(=O)C2CCN(S(=O)(=O)c3ccccc3C#N)CC2)c(OC)c1. The maximum absolute atomic E-state index is 13.0. The molecular weight excluding hydrogens is 430 g/mol. The Morgan fingerprint density at radius 2 is 1.84 bits per heavy atom. The number of carbonyl (C=O) groups is 1. The van der Waals surface area contributed by atoms with Crippen LogP contribution in [0.5, 0.6) is 11.5 Å². The molecule has 0 aromatic heterocycles. The van der Waals surface area contributed by atoms with E-state index in [4.69, 9.17) is 9.47 Å². The van der Waals surface area contributed by atoms with Crippen molar-refractivity contribution < 1.29 is 22.7 Å². The Kier molecular flexibility index (Phi) is 7.38. The molecule has 0 bridgehead atoms. The molecule has 170 valence electrons. The zero-order valence-corrected chi connectivity index (χ0v) is 19.2. The molecule has 0 saturated carbocycles. The lowest BCUT2D eigenvalue weighted by Gasteiger charge is -2.31. The van der Waals surface area contributed by atoms with Gasteiger partial charge in [0.1, 0.15) is 17.6 Å². The Labute approximate surface area is 188 Å². The molecule has 0 spiro atoms. The molecular formula is C23H27N3O5S. The third-order valence-corrected chi connectivity index (χ3v) is 7.67. The number of ether oxygens (including phenoxy) is 2. The van der Waals surface area contributed by atoms with Crippen molar-refractivity contribution in [3.63, 3.8) is 0 Å². The third-order valence-electron chi connectivity index (χ3n) is 5.72. The van der Waals surface area contributed by atoms with Crippen LogP contribution in [0.15, 0.2) is 47.4 Å². The Morgan fingerprint density at radius 3 is 2.47 bits per heavy atom. The number of nitrogens with zero attached hydrogens (tertiary/aromatic N) is 2. The van der Waals surface area contributed by atoms with Gasteiger partial charge < -0.3 is 14.8 Å². The highest BCUT2D eigenvalue weighted by Gasteiger charge is 2.33. The van der Waals surface area contributed by atoms with Crippen LogP contribution in [-0.2, 0) is 14.8 Å². The average molecular weight is 458 g/mol. The monoisotopic (exact) mass is 457 g/mol. The smallest absolute Gasteiger partial charge is 0.244 e. The summed E-state index contributed by atoms with van der Waals surface area (Å²) in [4.78, 5) is 12.8. The van der Waals surface area contributed by atoms with Crippen LogP contribution in [0.4, 0.5) is 0 Å². The van der Waals surface area contributed by atoms with Crippen molar-refractivity contribution in [2.24, 2.45) is 5.92 Å². The van der Waals surface area contributed by atoms with Crippen LogP contribution in [0.1, 0.15) is 36.9 Å². The van der Waals surface area contributed by atoms with E-state index in [9.17, 15) is 18.5 Å². The van der Waals surface area contributed by atoms with Gasteiger partial charge in [-0.25, -0.2) is 8.42 Å². The minimum Gasteiger partial charge on any atom is -0.497 e. The summed E-state index contributed by atoms with van der Waals surface area (Å²) in [5.41, 5.74) is 0.949. The number of nitriles is 1. The minimum absolute atomic E-state index is 0.00521. The van der Waals surface area contributed by atoms with Crippen molar-refractivity contribution in [3.8, 4) is 17.6 Å². The Bertz CT molecular complexity index is 1120. The summed E-state index contributed by atoms with van der Waals surface area (Å²) in [5.74, 6) is 0.870. The van der Waals surface area contributed by atoms with E-state index in [1.165, 1.54) is 16.4 Å². The van der Waals surface area contributed by atoms with Gasteiger partial charge in [0.15, 0.2) is 0 Å². The molecule has 9 heteroatoms. The standard InChI is InChI=1S/C23H27N3O5S/c1-16(20-9-8-19(30-2)14-21(20)31-3)25-23(27)17-10-12-26(13-11-17)32(28,29)22-7-5-4-6-18(22)15-24/h4-9,14,16-17H,10-13H2,1-3H3,(H,25,27). The molecule has 2 aromatic carbocycles. The fraction of sp³-hybridized carbons (Fsp3) is 0.391. The van der Waals surface area contributed by atoms with Gasteiger partial charge in [-0.05, 0) is 44.0 Å². The molecule has 1 aliphatic heterocycles. The second-order valence-corrected chi connectivity index (χ2v) is 9.53. The molecule has 1 fully saturated rings. The predicted molar refractivity (Wildman–Crippen MR) is 119 cm³/mol. The van der Waals surface area contributed by atoms with Gasteiger partial charge in [-0.15, -0.1) is 0 Å². The lowest BCUT2D eigenvalue weighted by Crippen LogP contribution is -2.43. The van der Waals surface area contributed by atoms with Crippen LogP contribution < -0.4 is 14.8 Å². The van der Waals surface area contributed by atoms with Gasteiger partial charge in [-0.3, -0.25) is 4.79 Å². The predicted octanol–water partition coefficient (Wildman–Crippen LogP) is 2.85. The van der Waals surface area contributed by atoms with Crippen molar-refractivity contribution in [2.45, 2.75) is 30.7 Å². The molecule has 0 radical (unpaired) electrons. The first kappa shape index (κ1) is 23.6. The molecule has 2 aromatic rings. The number of piperidine rings is 1. The molecule has 3 rings (SSSR count). The number of sulfonamides is 1. The quantitative estimate of drug-likeness (QED) is 0.685. The summed E-state index contributed by atoms with van der Waals surface area (Å²) < 4.78 is 37.9. The van der Waals surface area contributed by atoms with Crippen molar-refractivity contribution in [3.05, 3.63) is 53.6 Å². The largest absolute Gasteiger partial charge is 0.497 e. The maximum atomic E-state index is 13.0. The first-order valence-corrected chi connectivity index (χ1v) is 11.8. The summed E-state index contributed by atoms with van der Waals surface area (Å²) in [6.07, 6.45) is 0.818. The highest BCUT2D eigenvalue weighted by atomic mass is 32.2. The van der Waals surface area contributed by atoms with Gasteiger partial charge >= 0.3 is 0 Å². The lowest BCUT2D eigenvalue weighted by molar-refractivity contribution is -0.126. The number of carbonyl (C=O) groups excluding carboxylic acids is 1. The van der Waals surface area contributed by atoms with Gasteiger partial charge in [-0.2, -0.15) is 9.57 Å². The van der Waals surface area contributed by atoms with Crippen LogP contribution in [0.3, 0.4) is 0 Å². The maximum Gasteiger partial charge on any atom is 0.244 e. The summed E-state index contributed by atoms with van der Waals surface area (Å²) in [6, 6.07) is 13.2. The third kappa shape index (κ3) is 4.87. The van der Waals surface area contributed by atoms with Crippen molar-refractivity contribution in [2.75, 3.05) is 27.3 Å². The Morgan fingerprint density at radius 1 is 1.16 bits per heavy atom.